The number of fused-ring (bicyclic) bond motifs is 3. The number of nitrogens with zero attached hydrogens (tertiary/aromatic N) is 2. The number of benzene rings is 1. The maximum atomic E-state index is 12.7. The summed E-state index contributed by atoms with van der Waals surface area (Å²) in [6.07, 6.45) is 6.19. The zero-order valence-electron chi connectivity index (χ0n) is 12.9. The normalized spacial score (nSPS) is 21.2. The van der Waals surface area contributed by atoms with Crippen LogP contribution in [0.1, 0.15) is 36.4 Å². The van der Waals surface area contributed by atoms with Crippen LogP contribution in [0.3, 0.4) is 0 Å². The molecule has 0 spiro atoms. The lowest BCUT2D eigenvalue weighted by molar-refractivity contribution is -0.122. The monoisotopic (exact) mass is 295 g/mol. The van der Waals surface area contributed by atoms with Crippen LogP contribution in [0.2, 0.25) is 0 Å². The number of carbonyl (C=O) groups is 1. The number of amides is 1. The van der Waals surface area contributed by atoms with Gasteiger partial charge in [-0.2, -0.15) is 0 Å². The van der Waals surface area contributed by atoms with Crippen LogP contribution in [0.15, 0.2) is 29.3 Å². The van der Waals surface area contributed by atoms with E-state index in [2.05, 4.69) is 46.2 Å². The van der Waals surface area contributed by atoms with E-state index in [1.54, 1.807) is 0 Å². The molecule has 1 aromatic heterocycles. The van der Waals surface area contributed by atoms with Gasteiger partial charge in [-0.15, -0.1) is 0 Å². The minimum atomic E-state index is -0.268. The Morgan fingerprint density at radius 2 is 2.14 bits per heavy atom. The van der Waals surface area contributed by atoms with Gasteiger partial charge in [0.15, 0.2) is 0 Å². The van der Waals surface area contributed by atoms with Gasteiger partial charge in [0.25, 0.3) is 0 Å². The van der Waals surface area contributed by atoms with Gasteiger partial charge in [-0.3, -0.25) is 9.79 Å². The first-order chi connectivity index (χ1) is 10.8. The number of aliphatic imine (C=N–C) groups is 1. The molecular weight excluding hydrogens is 274 g/mol. The summed E-state index contributed by atoms with van der Waals surface area (Å²) in [5.41, 5.74) is 3.59. The molecule has 2 aromatic rings. The number of nitrogens with one attached hydrogen (secondary N) is 1. The van der Waals surface area contributed by atoms with Gasteiger partial charge in [-0.1, -0.05) is 18.2 Å². The van der Waals surface area contributed by atoms with E-state index in [0.29, 0.717) is 6.04 Å². The van der Waals surface area contributed by atoms with Crippen LogP contribution in [0.5, 0.6) is 0 Å². The summed E-state index contributed by atoms with van der Waals surface area (Å²) in [5.74, 6) is -0.169. The first-order valence-electron chi connectivity index (χ1n) is 8.12. The molecular formula is C18H21N3O. The lowest BCUT2D eigenvalue weighted by Crippen LogP contribution is -2.42. The Morgan fingerprint density at radius 3 is 2.91 bits per heavy atom. The van der Waals surface area contributed by atoms with Gasteiger partial charge in [0.05, 0.1) is 0 Å². The summed E-state index contributed by atoms with van der Waals surface area (Å²) in [6, 6.07) is 8.77. The second-order valence-corrected chi connectivity index (χ2v) is 6.36. The van der Waals surface area contributed by atoms with Crippen LogP contribution in [0, 0.1) is 0 Å². The van der Waals surface area contributed by atoms with Crippen molar-refractivity contribution in [1.82, 2.24) is 9.88 Å². The maximum absolute atomic E-state index is 12.7. The van der Waals surface area contributed by atoms with E-state index < -0.39 is 0 Å². The van der Waals surface area contributed by atoms with Crippen LogP contribution in [-0.4, -0.2) is 29.3 Å². The predicted molar refractivity (Wildman–Crippen MR) is 88.5 cm³/mol. The van der Waals surface area contributed by atoms with Crippen LogP contribution in [-0.2, 0) is 18.3 Å². The Labute approximate surface area is 130 Å². The van der Waals surface area contributed by atoms with E-state index >= 15 is 0 Å². The molecule has 4 nitrogen and oxygen atoms in total. The molecule has 1 N–H and O–H groups in total. The molecule has 114 valence electrons. The third-order valence-electron chi connectivity index (χ3n) is 5.04. The van der Waals surface area contributed by atoms with Crippen LogP contribution < -0.4 is 5.32 Å². The Bertz CT molecular complexity index is 755. The highest BCUT2D eigenvalue weighted by atomic mass is 16.2. The van der Waals surface area contributed by atoms with E-state index in [-0.39, 0.29) is 11.8 Å². The third-order valence-corrected chi connectivity index (χ3v) is 5.04. The molecule has 1 fully saturated rings. The second-order valence-electron chi connectivity index (χ2n) is 6.36. The number of aromatic nitrogens is 1. The molecule has 1 unspecified atom stereocenters. The van der Waals surface area contributed by atoms with Crippen molar-refractivity contribution in [3.8, 4) is 0 Å². The Morgan fingerprint density at radius 1 is 1.32 bits per heavy atom. The lowest BCUT2D eigenvalue weighted by Gasteiger charge is -2.28. The topological polar surface area (TPSA) is 46.4 Å². The molecule has 1 saturated carbocycles. The Kier molecular flexibility index (Phi) is 3.25. The largest absolute Gasteiger partial charge is 0.352 e. The van der Waals surface area contributed by atoms with Crippen LogP contribution >= 0.6 is 0 Å². The van der Waals surface area contributed by atoms with E-state index in [1.165, 1.54) is 22.9 Å². The average Bonchev–Trinajstić information content (AvgIpc) is 2.66. The van der Waals surface area contributed by atoms with Crippen molar-refractivity contribution in [3.05, 3.63) is 35.5 Å². The summed E-state index contributed by atoms with van der Waals surface area (Å²) < 4.78 is 2.17. The lowest BCUT2D eigenvalue weighted by atomic mass is 9.91. The van der Waals surface area contributed by atoms with Crippen LogP contribution in [0.4, 0.5) is 0 Å². The minimum Gasteiger partial charge on any atom is -0.352 e. The molecule has 1 aliphatic heterocycles. The quantitative estimate of drug-likeness (QED) is 0.909. The SMILES string of the molecule is Cn1c2c(c3ccccc31)CCN=CC2C(=O)NC1CCC1. The summed E-state index contributed by atoms with van der Waals surface area (Å²) in [4.78, 5) is 17.2. The highest BCUT2D eigenvalue weighted by Gasteiger charge is 2.30. The van der Waals surface area contributed by atoms with Crippen molar-refractivity contribution in [2.24, 2.45) is 12.0 Å². The van der Waals surface area contributed by atoms with E-state index in [0.717, 1.165) is 31.5 Å². The van der Waals surface area contributed by atoms with Crippen molar-refractivity contribution in [2.75, 3.05) is 6.54 Å². The molecule has 4 heteroatoms. The minimum absolute atomic E-state index is 0.0995. The van der Waals surface area contributed by atoms with Crippen molar-refractivity contribution < 1.29 is 4.79 Å². The molecule has 0 saturated heterocycles. The fourth-order valence-corrected chi connectivity index (χ4v) is 3.61. The molecule has 1 atom stereocenters. The van der Waals surface area contributed by atoms with Crippen molar-refractivity contribution in [1.29, 1.82) is 0 Å². The second kappa shape index (κ2) is 5.27. The highest BCUT2D eigenvalue weighted by Crippen LogP contribution is 2.32. The molecule has 4 rings (SSSR count). The average molecular weight is 295 g/mol. The van der Waals surface area contributed by atoms with Crippen LogP contribution in [0.25, 0.3) is 10.9 Å². The molecule has 1 amide bonds. The number of carbonyl (C=O) groups excluding carboxylic acids is 1. The Hall–Kier alpha value is -2.10. The summed E-state index contributed by atoms with van der Waals surface area (Å²) in [7, 11) is 2.06. The predicted octanol–water partition coefficient (Wildman–Crippen LogP) is 2.56. The summed E-state index contributed by atoms with van der Waals surface area (Å²) in [6.45, 7) is 0.758. The Balaban J connectivity index is 1.79. The molecule has 22 heavy (non-hydrogen) atoms. The molecule has 2 heterocycles. The van der Waals surface area contributed by atoms with Crippen molar-refractivity contribution >= 4 is 23.0 Å². The number of hydrogen-bond donors (Lipinski definition) is 1. The summed E-state index contributed by atoms with van der Waals surface area (Å²) >= 11 is 0. The van der Waals surface area contributed by atoms with Crippen molar-refractivity contribution in [3.63, 3.8) is 0 Å². The van der Waals surface area contributed by atoms with Gasteiger partial charge in [0, 0.05) is 42.4 Å². The first-order valence-corrected chi connectivity index (χ1v) is 8.12. The van der Waals surface area contributed by atoms with Gasteiger partial charge in [-0.05, 0) is 37.3 Å². The van der Waals surface area contributed by atoms with Gasteiger partial charge >= 0.3 is 0 Å². The summed E-state index contributed by atoms with van der Waals surface area (Å²) in [5, 5.41) is 4.44. The molecule has 2 aliphatic rings. The number of hydrogen-bond acceptors (Lipinski definition) is 2. The standard InChI is InChI=1S/C18H21N3O/c1-21-16-8-3-2-7-13(16)14-9-10-19-11-15(17(14)21)18(22)20-12-5-4-6-12/h2-3,7-8,11-12,15H,4-6,9-10H2,1H3,(H,20,22). The van der Waals surface area contributed by atoms with E-state index in [4.69, 9.17) is 0 Å². The maximum Gasteiger partial charge on any atom is 0.234 e. The number of aryl methyl sites for hydroxylation is 1. The molecule has 1 aliphatic carbocycles. The zero-order valence-corrected chi connectivity index (χ0v) is 12.9. The molecule has 0 radical (unpaired) electrons. The molecule has 1 aromatic carbocycles. The van der Waals surface area contributed by atoms with Gasteiger partial charge in [-0.25, -0.2) is 0 Å². The van der Waals surface area contributed by atoms with Gasteiger partial charge in [0.1, 0.15) is 5.92 Å². The fraction of sp³-hybridized carbons (Fsp3) is 0.444. The third kappa shape index (κ3) is 2.05. The number of para-hydroxylation sites is 1. The zero-order chi connectivity index (χ0) is 15.1. The molecule has 0 bridgehead atoms. The van der Waals surface area contributed by atoms with E-state index in [1.807, 2.05) is 6.21 Å². The smallest absolute Gasteiger partial charge is 0.234 e. The van der Waals surface area contributed by atoms with E-state index in [9.17, 15) is 4.79 Å². The fourth-order valence-electron chi connectivity index (χ4n) is 3.61. The van der Waals surface area contributed by atoms with Crippen molar-refractivity contribution in [2.45, 2.75) is 37.6 Å². The van der Waals surface area contributed by atoms with Gasteiger partial charge < -0.3 is 9.88 Å². The van der Waals surface area contributed by atoms with Gasteiger partial charge in [0.2, 0.25) is 5.91 Å². The highest BCUT2D eigenvalue weighted by molar-refractivity contribution is 6.02. The first kappa shape index (κ1) is 13.6. The number of rotatable bonds is 2.